The Kier molecular flexibility index (Phi) is 4.19. The molecule has 1 aromatic heterocycles. The third-order valence-electron chi connectivity index (χ3n) is 3.18. The van der Waals surface area contributed by atoms with E-state index >= 15 is 0 Å². The first kappa shape index (κ1) is 14.5. The molecule has 0 bridgehead atoms. The summed E-state index contributed by atoms with van der Waals surface area (Å²) in [5, 5.41) is 11.7. The van der Waals surface area contributed by atoms with E-state index in [1.807, 2.05) is 24.3 Å². The van der Waals surface area contributed by atoms with Crippen molar-refractivity contribution in [1.29, 1.82) is 5.26 Å². The van der Waals surface area contributed by atoms with Crippen molar-refractivity contribution in [2.75, 3.05) is 5.32 Å². The third kappa shape index (κ3) is 3.18. The van der Waals surface area contributed by atoms with Crippen LogP contribution in [0.15, 0.2) is 41.2 Å². The minimum absolute atomic E-state index is 0.0770. The molecular weight excluding hydrogens is 266 g/mol. The number of pyridine rings is 1. The molecule has 0 aliphatic heterocycles. The molecular formula is C16H15N3O2. The average Bonchev–Trinajstić information content (AvgIpc) is 2.45. The summed E-state index contributed by atoms with van der Waals surface area (Å²) in [4.78, 5) is 24.2. The normalized spacial score (nSPS) is 9.95. The van der Waals surface area contributed by atoms with E-state index in [1.54, 1.807) is 32.0 Å². The Labute approximate surface area is 122 Å². The van der Waals surface area contributed by atoms with Gasteiger partial charge in [-0.25, -0.2) is 0 Å². The summed E-state index contributed by atoms with van der Waals surface area (Å²) >= 11 is 0. The van der Waals surface area contributed by atoms with Crippen LogP contribution in [0.2, 0.25) is 0 Å². The number of para-hydroxylation sites is 1. The molecule has 0 aliphatic rings. The lowest BCUT2D eigenvalue weighted by Gasteiger charge is -2.12. The van der Waals surface area contributed by atoms with Gasteiger partial charge in [-0.2, -0.15) is 5.26 Å². The fourth-order valence-corrected chi connectivity index (χ4v) is 2.13. The second kappa shape index (κ2) is 6.06. The third-order valence-corrected chi connectivity index (χ3v) is 3.18. The van der Waals surface area contributed by atoms with Gasteiger partial charge in [0.2, 0.25) is 5.91 Å². The first-order valence-electron chi connectivity index (χ1n) is 6.49. The molecule has 106 valence electrons. The van der Waals surface area contributed by atoms with Gasteiger partial charge < -0.3 is 9.88 Å². The molecule has 0 spiro atoms. The Morgan fingerprint density at radius 1 is 1.29 bits per heavy atom. The number of amides is 1. The highest BCUT2D eigenvalue weighted by molar-refractivity contribution is 5.90. The Morgan fingerprint density at radius 2 is 1.95 bits per heavy atom. The Bertz CT molecular complexity index is 771. The first-order valence-corrected chi connectivity index (χ1v) is 6.49. The van der Waals surface area contributed by atoms with Crippen LogP contribution in [-0.4, -0.2) is 10.5 Å². The molecule has 5 heteroatoms. The van der Waals surface area contributed by atoms with E-state index in [1.165, 1.54) is 4.57 Å². The number of hydrogen-bond acceptors (Lipinski definition) is 3. The van der Waals surface area contributed by atoms with E-state index in [2.05, 4.69) is 5.32 Å². The molecule has 0 atom stereocenters. The van der Waals surface area contributed by atoms with Gasteiger partial charge in [0, 0.05) is 11.4 Å². The summed E-state index contributed by atoms with van der Waals surface area (Å²) < 4.78 is 1.31. The summed E-state index contributed by atoms with van der Waals surface area (Å²) in [6, 6.07) is 12.6. The van der Waals surface area contributed by atoms with Crippen molar-refractivity contribution in [2.45, 2.75) is 20.4 Å². The summed E-state index contributed by atoms with van der Waals surface area (Å²) in [5.74, 6) is -0.306. The number of anilines is 1. The Hall–Kier alpha value is -2.87. The number of hydrogen-bond donors (Lipinski definition) is 1. The minimum Gasteiger partial charge on any atom is -0.325 e. The molecule has 5 nitrogen and oxygen atoms in total. The quantitative estimate of drug-likeness (QED) is 0.934. The lowest BCUT2D eigenvalue weighted by molar-refractivity contribution is -0.116. The van der Waals surface area contributed by atoms with Gasteiger partial charge in [0.25, 0.3) is 5.56 Å². The van der Waals surface area contributed by atoms with E-state index in [0.29, 0.717) is 16.9 Å². The van der Waals surface area contributed by atoms with E-state index in [0.717, 1.165) is 0 Å². The molecule has 1 amide bonds. The number of carbonyl (C=O) groups excluding carboxylic acids is 1. The van der Waals surface area contributed by atoms with Crippen molar-refractivity contribution < 1.29 is 4.79 Å². The highest BCUT2D eigenvalue weighted by Crippen LogP contribution is 2.07. The van der Waals surface area contributed by atoms with E-state index < -0.39 is 5.56 Å². The van der Waals surface area contributed by atoms with Crippen LogP contribution in [0, 0.1) is 25.2 Å². The van der Waals surface area contributed by atoms with Crippen LogP contribution < -0.4 is 10.9 Å². The van der Waals surface area contributed by atoms with Crippen molar-refractivity contribution in [3.05, 3.63) is 63.6 Å². The molecule has 0 unspecified atom stereocenters. The highest BCUT2D eigenvalue weighted by Gasteiger charge is 2.12. The van der Waals surface area contributed by atoms with Crippen LogP contribution in [0.1, 0.15) is 16.8 Å². The summed E-state index contributed by atoms with van der Waals surface area (Å²) in [6.45, 7) is 3.33. The fraction of sp³-hybridized carbons (Fsp3) is 0.188. The standard InChI is InChI=1S/C16H15N3O2/c1-11-8-12(2)19(16(21)14(11)9-17)10-15(20)18-13-6-4-3-5-7-13/h3-8H,10H2,1-2H3,(H,18,20). The molecule has 1 heterocycles. The van der Waals surface area contributed by atoms with Crippen LogP contribution in [0.25, 0.3) is 0 Å². The number of nitrogens with one attached hydrogen (secondary N) is 1. The predicted octanol–water partition coefficient (Wildman–Crippen LogP) is 1.98. The van der Waals surface area contributed by atoms with E-state index in [-0.39, 0.29) is 18.0 Å². The largest absolute Gasteiger partial charge is 0.325 e. The van der Waals surface area contributed by atoms with Gasteiger partial charge in [-0.05, 0) is 37.6 Å². The average molecular weight is 281 g/mol. The molecule has 0 aliphatic carbocycles. The molecule has 1 aromatic carbocycles. The maximum atomic E-state index is 12.2. The number of aromatic nitrogens is 1. The first-order chi connectivity index (χ1) is 10.0. The number of nitrogens with zero attached hydrogens (tertiary/aromatic N) is 2. The van der Waals surface area contributed by atoms with Crippen LogP contribution in [0.4, 0.5) is 5.69 Å². The molecule has 1 N–H and O–H groups in total. The highest BCUT2D eigenvalue weighted by atomic mass is 16.2. The zero-order valence-electron chi connectivity index (χ0n) is 11.9. The number of benzene rings is 1. The minimum atomic E-state index is -0.432. The van der Waals surface area contributed by atoms with Crippen LogP contribution >= 0.6 is 0 Å². The second-order valence-corrected chi connectivity index (χ2v) is 4.76. The summed E-state index contributed by atoms with van der Waals surface area (Å²) in [7, 11) is 0. The van der Waals surface area contributed by atoms with Gasteiger partial charge in [-0.15, -0.1) is 0 Å². The maximum Gasteiger partial charge on any atom is 0.269 e. The van der Waals surface area contributed by atoms with Crippen molar-refractivity contribution >= 4 is 11.6 Å². The fourth-order valence-electron chi connectivity index (χ4n) is 2.13. The van der Waals surface area contributed by atoms with Crippen molar-refractivity contribution in [3.63, 3.8) is 0 Å². The van der Waals surface area contributed by atoms with Gasteiger partial charge in [-0.3, -0.25) is 9.59 Å². The zero-order chi connectivity index (χ0) is 15.4. The van der Waals surface area contributed by atoms with Crippen LogP contribution in [0.5, 0.6) is 0 Å². The van der Waals surface area contributed by atoms with Gasteiger partial charge in [0.1, 0.15) is 18.2 Å². The Morgan fingerprint density at radius 3 is 2.57 bits per heavy atom. The van der Waals surface area contributed by atoms with Crippen molar-refractivity contribution in [1.82, 2.24) is 4.57 Å². The molecule has 2 aromatic rings. The van der Waals surface area contributed by atoms with Crippen LogP contribution in [-0.2, 0) is 11.3 Å². The topological polar surface area (TPSA) is 74.9 Å². The smallest absolute Gasteiger partial charge is 0.269 e. The molecule has 2 rings (SSSR count). The molecule has 0 saturated carbocycles. The number of carbonyl (C=O) groups is 1. The van der Waals surface area contributed by atoms with E-state index in [9.17, 15) is 9.59 Å². The number of aryl methyl sites for hydroxylation is 2. The Balaban J connectivity index is 2.26. The number of rotatable bonds is 3. The monoisotopic (exact) mass is 281 g/mol. The van der Waals surface area contributed by atoms with Crippen LogP contribution in [0.3, 0.4) is 0 Å². The van der Waals surface area contributed by atoms with E-state index in [4.69, 9.17) is 5.26 Å². The molecule has 0 radical (unpaired) electrons. The van der Waals surface area contributed by atoms with Crippen molar-refractivity contribution in [2.24, 2.45) is 0 Å². The zero-order valence-corrected chi connectivity index (χ0v) is 11.9. The summed E-state index contributed by atoms with van der Waals surface area (Å²) in [6.07, 6.45) is 0. The maximum absolute atomic E-state index is 12.2. The van der Waals surface area contributed by atoms with Gasteiger partial charge in [0.05, 0.1) is 0 Å². The van der Waals surface area contributed by atoms with Gasteiger partial charge in [0.15, 0.2) is 0 Å². The number of nitriles is 1. The SMILES string of the molecule is Cc1cc(C)n(CC(=O)Nc2ccccc2)c(=O)c1C#N. The summed E-state index contributed by atoms with van der Waals surface area (Å²) in [5.41, 5.74) is 1.59. The second-order valence-electron chi connectivity index (χ2n) is 4.76. The van der Waals surface area contributed by atoms with Gasteiger partial charge >= 0.3 is 0 Å². The molecule has 0 fully saturated rings. The molecule has 0 saturated heterocycles. The lowest BCUT2D eigenvalue weighted by atomic mass is 10.1. The van der Waals surface area contributed by atoms with Crippen molar-refractivity contribution in [3.8, 4) is 6.07 Å². The lowest BCUT2D eigenvalue weighted by Crippen LogP contribution is -2.31. The molecule has 21 heavy (non-hydrogen) atoms. The predicted molar refractivity (Wildman–Crippen MR) is 80.0 cm³/mol. The van der Waals surface area contributed by atoms with Gasteiger partial charge in [-0.1, -0.05) is 18.2 Å².